The molecule has 2 aromatic rings. The molecule has 0 spiro atoms. The van der Waals surface area contributed by atoms with Gasteiger partial charge in [-0.05, 0) is 69.1 Å². The lowest BCUT2D eigenvalue weighted by Gasteiger charge is -2.37. The zero-order chi connectivity index (χ0) is 30.8. The van der Waals surface area contributed by atoms with Gasteiger partial charge >= 0.3 is 6.01 Å². The summed E-state index contributed by atoms with van der Waals surface area (Å²) in [5.74, 6) is 0.944. The molecular formula is C35H47ClN6O. The van der Waals surface area contributed by atoms with Crippen LogP contribution in [0.1, 0.15) is 74.9 Å². The normalized spacial score (nSPS) is 19.6. The number of anilines is 1. The van der Waals surface area contributed by atoms with Gasteiger partial charge in [-0.15, -0.1) is 0 Å². The van der Waals surface area contributed by atoms with Gasteiger partial charge in [0.25, 0.3) is 0 Å². The average molecular weight is 603 g/mol. The molecule has 1 atom stereocenters. The highest BCUT2D eigenvalue weighted by Gasteiger charge is 2.32. The molecule has 8 heteroatoms. The number of aryl methyl sites for hydroxylation is 1. The average Bonchev–Trinajstić information content (AvgIpc) is 3.28. The molecule has 1 unspecified atom stereocenters. The highest BCUT2D eigenvalue weighted by molar-refractivity contribution is 6.32. The van der Waals surface area contributed by atoms with Crippen LogP contribution in [0.15, 0.2) is 75.6 Å². The van der Waals surface area contributed by atoms with Crippen molar-refractivity contribution in [2.24, 2.45) is 4.99 Å². The zero-order valence-corrected chi connectivity index (χ0v) is 27.3. The smallest absolute Gasteiger partial charge is 0.318 e. The van der Waals surface area contributed by atoms with Crippen LogP contribution in [0.5, 0.6) is 6.01 Å². The highest BCUT2D eigenvalue weighted by Crippen LogP contribution is 2.38. The minimum Gasteiger partial charge on any atom is -0.467 e. The molecular weight excluding hydrogens is 556 g/mol. The molecule has 1 aromatic carbocycles. The number of ether oxygens (including phenoxy) is 1. The van der Waals surface area contributed by atoms with E-state index in [1.165, 1.54) is 22.3 Å². The van der Waals surface area contributed by atoms with Crippen molar-refractivity contribution >= 4 is 24.1 Å². The first-order chi connectivity index (χ1) is 20.9. The maximum atomic E-state index is 7.20. The first-order valence-electron chi connectivity index (χ1n) is 15.5. The van der Waals surface area contributed by atoms with Gasteiger partial charge in [-0.3, -0.25) is 9.89 Å². The standard InChI is InChI=1S/C35H47ClN6O/c1-7-15-26-16-11-12-18-28(26)32-22-30-29(23-41(32)5)34(40-35(39-30)43-6)42-21-14-20-38-31(24-42)33(36)27(25(3)8-2)17-10-9-13-19-37-4/h9-13,16,18-19,32,38H,4,7-8,14-15,17,20-24H2,1-3,5-6H3/b10-9-,19-13-,27-25+,33-31+. The molecule has 7 nitrogen and oxygen atoms in total. The summed E-state index contributed by atoms with van der Waals surface area (Å²) in [5.41, 5.74) is 8.52. The van der Waals surface area contributed by atoms with Crippen molar-refractivity contribution in [3.05, 3.63) is 93.0 Å². The number of fused-ring (bicyclic) bond motifs is 1. The minimum atomic E-state index is 0.258. The summed E-state index contributed by atoms with van der Waals surface area (Å²) in [4.78, 5) is 18.4. The second kappa shape index (κ2) is 15.9. The van der Waals surface area contributed by atoms with E-state index in [-0.39, 0.29) is 6.04 Å². The van der Waals surface area contributed by atoms with Gasteiger partial charge in [0, 0.05) is 49.6 Å². The van der Waals surface area contributed by atoms with Crippen LogP contribution in [-0.4, -0.2) is 55.4 Å². The molecule has 0 amide bonds. The lowest BCUT2D eigenvalue weighted by Crippen LogP contribution is -2.36. The van der Waals surface area contributed by atoms with Crippen LogP contribution in [0, 0.1) is 0 Å². The number of rotatable bonds is 11. The molecule has 0 bridgehead atoms. The molecule has 0 radical (unpaired) electrons. The van der Waals surface area contributed by atoms with Gasteiger partial charge in [0.05, 0.1) is 24.4 Å². The van der Waals surface area contributed by atoms with E-state index in [1.807, 2.05) is 12.2 Å². The number of hydrogen-bond acceptors (Lipinski definition) is 7. The SMILES string of the molecule is C=N/C=C\C=C/CC(=C(/C)CC)/C(Cl)=C1/CN(c2nc(OC)nc3c2CN(C)C(c2ccccc2CCC)C3)CCCN1. The third-order valence-corrected chi connectivity index (χ3v) is 8.88. The summed E-state index contributed by atoms with van der Waals surface area (Å²) in [5, 5.41) is 4.43. The van der Waals surface area contributed by atoms with Crippen molar-refractivity contribution in [1.82, 2.24) is 20.2 Å². The zero-order valence-electron chi connectivity index (χ0n) is 26.5. The fraction of sp³-hybridized carbons (Fsp3) is 0.457. The van der Waals surface area contributed by atoms with Crippen molar-refractivity contribution in [3.63, 3.8) is 0 Å². The maximum Gasteiger partial charge on any atom is 0.318 e. The van der Waals surface area contributed by atoms with Crippen molar-refractivity contribution in [2.75, 3.05) is 38.7 Å². The summed E-state index contributed by atoms with van der Waals surface area (Å²) >= 11 is 7.20. The van der Waals surface area contributed by atoms with Gasteiger partial charge < -0.3 is 15.0 Å². The highest BCUT2D eigenvalue weighted by atomic mass is 35.5. The molecule has 4 rings (SSSR count). The van der Waals surface area contributed by atoms with Gasteiger partial charge in [0.2, 0.25) is 0 Å². The van der Waals surface area contributed by atoms with E-state index in [1.54, 1.807) is 13.3 Å². The molecule has 0 saturated carbocycles. The first kappa shape index (κ1) is 32.5. The van der Waals surface area contributed by atoms with Crippen LogP contribution in [0.3, 0.4) is 0 Å². The number of allylic oxidation sites excluding steroid dienone is 6. The van der Waals surface area contributed by atoms with E-state index in [0.717, 1.165) is 86.0 Å². The van der Waals surface area contributed by atoms with Crippen LogP contribution in [0.2, 0.25) is 0 Å². The van der Waals surface area contributed by atoms with Gasteiger partial charge in [0.15, 0.2) is 0 Å². The fourth-order valence-corrected chi connectivity index (χ4v) is 6.33. The van der Waals surface area contributed by atoms with Crippen molar-refractivity contribution in [1.29, 1.82) is 0 Å². The van der Waals surface area contributed by atoms with E-state index < -0.39 is 0 Å². The van der Waals surface area contributed by atoms with Crippen molar-refractivity contribution < 1.29 is 4.74 Å². The maximum absolute atomic E-state index is 7.20. The number of benzene rings is 1. The summed E-state index contributed by atoms with van der Waals surface area (Å²) in [6, 6.07) is 9.52. The Balaban J connectivity index is 1.69. The summed E-state index contributed by atoms with van der Waals surface area (Å²) < 4.78 is 5.66. The predicted octanol–water partition coefficient (Wildman–Crippen LogP) is 7.30. The van der Waals surface area contributed by atoms with Crippen LogP contribution >= 0.6 is 11.6 Å². The minimum absolute atomic E-state index is 0.258. The molecule has 3 heterocycles. The molecule has 43 heavy (non-hydrogen) atoms. The fourth-order valence-electron chi connectivity index (χ4n) is 5.97. The largest absolute Gasteiger partial charge is 0.467 e. The Bertz CT molecular complexity index is 1390. The number of methoxy groups -OCH3 is 1. The number of nitrogens with one attached hydrogen (secondary N) is 1. The molecule has 1 N–H and O–H groups in total. The Morgan fingerprint density at radius 3 is 2.77 bits per heavy atom. The Hall–Kier alpha value is -3.42. The number of hydrogen-bond donors (Lipinski definition) is 1. The predicted molar refractivity (Wildman–Crippen MR) is 180 cm³/mol. The lowest BCUT2D eigenvalue weighted by molar-refractivity contribution is 0.212. The Kier molecular flexibility index (Phi) is 12.0. The van der Waals surface area contributed by atoms with Gasteiger partial charge in [-0.25, -0.2) is 0 Å². The van der Waals surface area contributed by atoms with Gasteiger partial charge in [-0.2, -0.15) is 9.97 Å². The second-order valence-corrected chi connectivity index (χ2v) is 11.7. The van der Waals surface area contributed by atoms with Gasteiger partial charge in [-0.1, -0.05) is 73.9 Å². The van der Waals surface area contributed by atoms with E-state index in [4.69, 9.17) is 26.3 Å². The quantitative estimate of drug-likeness (QED) is 0.215. The van der Waals surface area contributed by atoms with E-state index >= 15 is 0 Å². The molecule has 1 aromatic heterocycles. The molecule has 2 aliphatic heterocycles. The van der Waals surface area contributed by atoms with E-state index in [9.17, 15) is 0 Å². The van der Waals surface area contributed by atoms with Crippen molar-refractivity contribution in [3.8, 4) is 6.01 Å². The van der Waals surface area contributed by atoms with E-state index in [0.29, 0.717) is 12.6 Å². The lowest BCUT2D eigenvalue weighted by atomic mass is 9.89. The van der Waals surface area contributed by atoms with Crippen LogP contribution in [-0.2, 0) is 19.4 Å². The van der Waals surface area contributed by atoms with Crippen molar-refractivity contribution in [2.45, 2.75) is 71.9 Å². The van der Waals surface area contributed by atoms with Crippen LogP contribution in [0.4, 0.5) is 5.82 Å². The summed E-state index contributed by atoms with van der Waals surface area (Å²) in [6.07, 6.45) is 13.3. The first-order valence-corrected chi connectivity index (χ1v) is 15.8. The topological polar surface area (TPSA) is 65.9 Å². The Morgan fingerprint density at radius 1 is 1.21 bits per heavy atom. The number of halogens is 1. The Labute approximate surface area is 263 Å². The second-order valence-electron chi connectivity index (χ2n) is 11.3. The molecule has 1 saturated heterocycles. The number of likely N-dealkylation sites (N-methyl/N-ethyl adjacent to an activating group) is 1. The van der Waals surface area contributed by atoms with E-state index in [2.05, 4.69) is 85.0 Å². The van der Waals surface area contributed by atoms with Crippen LogP contribution < -0.4 is 15.0 Å². The summed E-state index contributed by atoms with van der Waals surface area (Å²) in [6.45, 7) is 13.2. The summed E-state index contributed by atoms with van der Waals surface area (Å²) in [7, 11) is 3.87. The molecule has 1 fully saturated rings. The monoisotopic (exact) mass is 602 g/mol. The number of aliphatic imine (C=N–C) groups is 1. The molecule has 230 valence electrons. The third kappa shape index (κ3) is 7.95. The molecule has 2 aliphatic rings. The Morgan fingerprint density at radius 2 is 2.02 bits per heavy atom. The molecule has 0 aliphatic carbocycles. The number of nitrogens with zero attached hydrogens (tertiary/aromatic N) is 5. The van der Waals surface area contributed by atoms with Crippen LogP contribution in [0.25, 0.3) is 0 Å². The number of aromatic nitrogens is 2. The van der Waals surface area contributed by atoms with Gasteiger partial charge in [0.1, 0.15) is 5.82 Å². The third-order valence-electron chi connectivity index (χ3n) is 8.42.